The fourth-order valence-corrected chi connectivity index (χ4v) is 3.66. The predicted octanol–water partition coefficient (Wildman–Crippen LogP) is 3.51. The van der Waals surface area contributed by atoms with E-state index in [1.54, 1.807) is 30.3 Å². The highest BCUT2D eigenvalue weighted by Crippen LogP contribution is 2.27. The first-order valence-corrected chi connectivity index (χ1v) is 9.83. The maximum Gasteiger partial charge on any atom is 0.306 e. The molecule has 0 bridgehead atoms. The number of hydrogen-bond acceptors (Lipinski definition) is 5. The third-order valence-electron chi connectivity index (χ3n) is 4.70. The van der Waals surface area contributed by atoms with Crippen molar-refractivity contribution in [3.63, 3.8) is 0 Å². The smallest absolute Gasteiger partial charge is 0.306 e. The second-order valence-electron chi connectivity index (χ2n) is 7.06. The first-order chi connectivity index (χ1) is 14.3. The molecule has 0 radical (unpaired) electrons. The average Bonchev–Trinajstić information content (AvgIpc) is 2.94. The Bertz CT molecular complexity index is 976. The SMILES string of the molecule is Cc1cc(C)c(NC(=O)COC(=O)CCCN2C(=O)c3ccccc3C2=O)c(Cl)c1. The predicted molar refractivity (Wildman–Crippen MR) is 112 cm³/mol. The summed E-state index contributed by atoms with van der Waals surface area (Å²) in [5.74, 6) is -1.83. The number of rotatable bonds is 7. The molecule has 2 aromatic carbocycles. The molecule has 1 heterocycles. The zero-order valence-electron chi connectivity index (χ0n) is 16.7. The molecule has 1 aliphatic heterocycles. The van der Waals surface area contributed by atoms with Crippen LogP contribution in [0.15, 0.2) is 36.4 Å². The van der Waals surface area contributed by atoms with E-state index >= 15 is 0 Å². The van der Waals surface area contributed by atoms with Crippen molar-refractivity contribution in [3.8, 4) is 0 Å². The van der Waals surface area contributed by atoms with Gasteiger partial charge < -0.3 is 10.1 Å². The van der Waals surface area contributed by atoms with Crippen LogP contribution in [0.1, 0.15) is 44.7 Å². The second-order valence-corrected chi connectivity index (χ2v) is 7.47. The van der Waals surface area contributed by atoms with Gasteiger partial charge in [-0.1, -0.05) is 29.8 Å². The van der Waals surface area contributed by atoms with Crippen molar-refractivity contribution in [3.05, 3.63) is 63.7 Å². The fourth-order valence-electron chi connectivity index (χ4n) is 3.29. The molecule has 1 aliphatic rings. The van der Waals surface area contributed by atoms with Gasteiger partial charge in [0.15, 0.2) is 6.61 Å². The van der Waals surface area contributed by atoms with Crippen molar-refractivity contribution >= 4 is 41.0 Å². The summed E-state index contributed by atoms with van der Waals surface area (Å²) in [5.41, 5.74) is 2.99. The molecule has 0 aromatic heterocycles. The Kier molecular flexibility index (Phi) is 6.52. The molecule has 0 saturated carbocycles. The summed E-state index contributed by atoms with van der Waals surface area (Å²) in [6, 6.07) is 10.2. The second kappa shape index (κ2) is 9.09. The van der Waals surface area contributed by atoms with Gasteiger partial charge in [-0.2, -0.15) is 0 Å². The number of anilines is 1. The molecule has 156 valence electrons. The van der Waals surface area contributed by atoms with E-state index in [2.05, 4.69) is 5.32 Å². The van der Waals surface area contributed by atoms with Crippen molar-refractivity contribution in [1.82, 2.24) is 4.90 Å². The summed E-state index contributed by atoms with van der Waals surface area (Å²) in [4.78, 5) is 49.6. The number of ether oxygens (including phenoxy) is 1. The number of hydrogen-bond donors (Lipinski definition) is 1. The number of aryl methyl sites for hydroxylation is 2. The highest BCUT2D eigenvalue weighted by atomic mass is 35.5. The maximum absolute atomic E-state index is 12.3. The van der Waals surface area contributed by atoms with Crippen LogP contribution in [0.2, 0.25) is 5.02 Å². The van der Waals surface area contributed by atoms with E-state index in [0.29, 0.717) is 21.8 Å². The summed E-state index contributed by atoms with van der Waals surface area (Å²) in [7, 11) is 0. The molecule has 0 unspecified atom stereocenters. The number of esters is 1. The van der Waals surface area contributed by atoms with E-state index in [9.17, 15) is 19.2 Å². The standard InChI is InChI=1S/C22H21ClN2O5/c1-13-10-14(2)20(17(23)11-13)24-18(26)12-30-19(27)8-5-9-25-21(28)15-6-3-4-7-16(15)22(25)29/h3-4,6-7,10-11H,5,8-9,12H2,1-2H3,(H,24,26). The van der Waals surface area contributed by atoms with Crippen LogP contribution in [-0.2, 0) is 14.3 Å². The third-order valence-corrected chi connectivity index (χ3v) is 5.00. The van der Waals surface area contributed by atoms with Gasteiger partial charge in [-0.15, -0.1) is 0 Å². The monoisotopic (exact) mass is 428 g/mol. The van der Waals surface area contributed by atoms with Crippen molar-refractivity contribution in [2.75, 3.05) is 18.5 Å². The summed E-state index contributed by atoms with van der Waals surface area (Å²) < 4.78 is 4.98. The van der Waals surface area contributed by atoms with Gasteiger partial charge in [-0.25, -0.2) is 0 Å². The molecular weight excluding hydrogens is 408 g/mol. The largest absolute Gasteiger partial charge is 0.456 e. The Morgan fingerprint density at radius 3 is 2.30 bits per heavy atom. The Balaban J connectivity index is 1.43. The number of amides is 3. The van der Waals surface area contributed by atoms with Gasteiger partial charge in [0.25, 0.3) is 17.7 Å². The summed E-state index contributed by atoms with van der Waals surface area (Å²) in [5, 5.41) is 3.05. The van der Waals surface area contributed by atoms with Gasteiger partial charge in [0.05, 0.1) is 21.8 Å². The van der Waals surface area contributed by atoms with Crippen LogP contribution in [0.5, 0.6) is 0 Å². The van der Waals surface area contributed by atoms with Crippen molar-refractivity contribution in [1.29, 1.82) is 0 Å². The van der Waals surface area contributed by atoms with E-state index < -0.39 is 18.5 Å². The molecule has 0 fully saturated rings. The number of carbonyl (C=O) groups is 4. The number of carbonyl (C=O) groups excluding carboxylic acids is 4. The van der Waals surface area contributed by atoms with Crippen LogP contribution in [0.3, 0.4) is 0 Å². The van der Waals surface area contributed by atoms with Crippen LogP contribution in [0, 0.1) is 13.8 Å². The van der Waals surface area contributed by atoms with Crippen LogP contribution >= 0.6 is 11.6 Å². The molecule has 7 nitrogen and oxygen atoms in total. The first kappa shape index (κ1) is 21.5. The molecule has 0 spiro atoms. The van der Waals surface area contributed by atoms with Crippen molar-refractivity contribution in [2.24, 2.45) is 0 Å². The quantitative estimate of drug-likeness (QED) is 0.538. The molecule has 0 atom stereocenters. The van der Waals surface area contributed by atoms with Crippen molar-refractivity contribution < 1.29 is 23.9 Å². The summed E-state index contributed by atoms with van der Waals surface area (Å²) >= 11 is 6.15. The number of imide groups is 1. The maximum atomic E-state index is 12.3. The van der Waals surface area contributed by atoms with Gasteiger partial charge in [-0.05, 0) is 49.6 Å². The minimum atomic E-state index is -0.589. The van der Waals surface area contributed by atoms with E-state index in [0.717, 1.165) is 16.0 Å². The Hall–Kier alpha value is -3.19. The number of benzene rings is 2. The van der Waals surface area contributed by atoms with Crippen LogP contribution in [0.25, 0.3) is 0 Å². The number of halogens is 1. The molecule has 3 amide bonds. The first-order valence-electron chi connectivity index (χ1n) is 9.45. The molecule has 0 aliphatic carbocycles. The van der Waals surface area contributed by atoms with E-state index in [1.807, 2.05) is 19.9 Å². The molecule has 8 heteroatoms. The highest BCUT2D eigenvalue weighted by Gasteiger charge is 2.34. The summed E-state index contributed by atoms with van der Waals surface area (Å²) in [6.07, 6.45) is 0.222. The third kappa shape index (κ3) is 4.68. The Labute approximate surface area is 179 Å². The lowest BCUT2D eigenvalue weighted by Crippen LogP contribution is -2.31. The minimum Gasteiger partial charge on any atom is -0.456 e. The van der Waals surface area contributed by atoms with Gasteiger partial charge in [0, 0.05) is 13.0 Å². The number of nitrogens with one attached hydrogen (secondary N) is 1. The lowest BCUT2D eigenvalue weighted by atomic mass is 10.1. The van der Waals surface area contributed by atoms with Gasteiger partial charge in [-0.3, -0.25) is 24.1 Å². The molecule has 1 N–H and O–H groups in total. The lowest BCUT2D eigenvalue weighted by molar-refractivity contribution is -0.147. The van der Waals surface area contributed by atoms with E-state index in [-0.39, 0.29) is 31.2 Å². The van der Waals surface area contributed by atoms with Gasteiger partial charge >= 0.3 is 5.97 Å². The molecule has 3 rings (SSSR count). The van der Waals surface area contributed by atoms with Gasteiger partial charge in [0.2, 0.25) is 0 Å². The normalized spacial score (nSPS) is 12.7. The van der Waals surface area contributed by atoms with Gasteiger partial charge in [0.1, 0.15) is 0 Å². The highest BCUT2D eigenvalue weighted by molar-refractivity contribution is 6.34. The van der Waals surface area contributed by atoms with E-state index in [4.69, 9.17) is 16.3 Å². The van der Waals surface area contributed by atoms with Crippen LogP contribution in [-0.4, -0.2) is 41.7 Å². The molecule has 2 aromatic rings. The number of fused-ring (bicyclic) bond motifs is 1. The van der Waals surface area contributed by atoms with Crippen LogP contribution in [0.4, 0.5) is 5.69 Å². The Morgan fingerprint density at radius 1 is 1.07 bits per heavy atom. The zero-order chi connectivity index (χ0) is 21.8. The topological polar surface area (TPSA) is 92.8 Å². The summed E-state index contributed by atoms with van der Waals surface area (Å²) in [6.45, 7) is 3.37. The van der Waals surface area contributed by atoms with E-state index in [1.165, 1.54) is 0 Å². The lowest BCUT2D eigenvalue weighted by Gasteiger charge is -2.13. The van der Waals surface area contributed by atoms with Crippen molar-refractivity contribution in [2.45, 2.75) is 26.7 Å². The average molecular weight is 429 g/mol. The molecule has 0 saturated heterocycles. The van der Waals surface area contributed by atoms with Crippen LogP contribution < -0.4 is 5.32 Å². The zero-order valence-corrected chi connectivity index (χ0v) is 17.4. The number of nitrogens with zero attached hydrogens (tertiary/aromatic N) is 1. The minimum absolute atomic E-state index is 0.0228. The fraction of sp³-hybridized carbons (Fsp3) is 0.273. The molecular formula is C22H21ClN2O5. The Morgan fingerprint density at radius 2 is 1.70 bits per heavy atom. The molecule has 30 heavy (non-hydrogen) atoms.